The zero-order valence-corrected chi connectivity index (χ0v) is 12.3. The van der Waals surface area contributed by atoms with E-state index < -0.39 is 0 Å². The zero-order chi connectivity index (χ0) is 13.5. The molecule has 0 atom stereocenters. The van der Waals surface area contributed by atoms with Crippen LogP contribution in [0.3, 0.4) is 0 Å². The van der Waals surface area contributed by atoms with E-state index in [2.05, 4.69) is 41.8 Å². The predicted octanol–water partition coefficient (Wildman–Crippen LogP) is 2.56. The van der Waals surface area contributed by atoms with Gasteiger partial charge in [0.05, 0.1) is 0 Å². The standard InChI is InChI=1S/C15H22N2OS/c1-2-16-11-12-4-3-5-14(10-12)19-9-8-15(18)17-13-6-7-13/h3-5,10,13,16H,2,6-9,11H2,1H3,(H,17,18). The van der Waals surface area contributed by atoms with Crippen LogP contribution in [0.4, 0.5) is 0 Å². The number of hydrogen-bond donors (Lipinski definition) is 2. The largest absolute Gasteiger partial charge is 0.353 e. The van der Waals surface area contributed by atoms with E-state index in [0.29, 0.717) is 12.5 Å². The Morgan fingerprint density at radius 1 is 1.42 bits per heavy atom. The normalized spacial score (nSPS) is 14.4. The second-order valence-corrected chi connectivity index (χ2v) is 6.04. The smallest absolute Gasteiger partial charge is 0.221 e. The van der Waals surface area contributed by atoms with E-state index in [1.165, 1.54) is 10.5 Å². The van der Waals surface area contributed by atoms with Gasteiger partial charge < -0.3 is 10.6 Å². The van der Waals surface area contributed by atoms with Crippen molar-refractivity contribution in [2.45, 2.75) is 43.7 Å². The van der Waals surface area contributed by atoms with E-state index in [9.17, 15) is 4.79 Å². The summed E-state index contributed by atoms with van der Waals surface area (Å²) in [7, 11) is 0. The van der Waals surface area contributed by atoms with E-state index in [1.807, 2.05) is 0 Å². The third-order valence-corrected chi connectivity index (χ3v) is 4.01. The molecule has 1 aliphatic rings. The first-order chi connectivity index (χ1) is 9.28. The van der Waals surface area contributed by atoms with Crippen LogP contribution in [0.25, 0.3) is 0 Å². The Morgan fingerprint density at radius 2 is 2.26 bits per heavy atom. The van der Waals surface area contributed by atoms with Crippen molar-refractivity contribution < 1.29 is 4.79 Å². The van der Waals surface area contributed by atoms with E-state index in [4.69, 9.17) is 0 Å². The van der Waals surface area contributed by atoms with Crippen LogP contribution in [0.1, 0.15) is 31.7 Å². The molecule has 1 saturated carbocycles. The molecule has 4 heteroatoms. The van der Waals surface area contributed by atoms with Gasteiger partial charge in [0.15, 0.2) is 0 Å². The Hall–Kier alpha value is -1.00. The Labute approximate surface area is 119 Å². The van der Waals surface area contributed by atoms with Crippen LogP contribution in [0.5, 0.6) is 0 Å². The Kier molecular flexibility index (Phi) is 5.73. The molecule has 0 spiro atoms. The van der Waals surface area contributed by atoms with Crippen LogP contribution >= 0.6 is 11.8 Å². The van der Waals surface area contributed by atoms with Crippen molar-refractivity contribution >= 4 is 17.7 Å². The summed E-state index contributed by atoms with van der Waals surface area (Å²) < 4.78 is 0. The molecule has 0 bridgehead atoms. The number of amides is 1. The second kappa shape index (κ2) is 7.56. The number of carbonyl (C=O) groups excluding carboxylic acids is 1. The highest BCUT2D eigenvalue weighted by Gasteiger charge is 2.22. The van der Waals surface area contributed by atoms with Crippen molar-refractivity contribution in [2.75, 3.05) is 12.3 Å². The summed E-state index contributed by atoms with van der Waals surface area (Å²) in [5, 5.41) is 6.34. The first kappa shape index (κ1) is 14.4. The number of hydrogen-bond acceptors (Lipinski definition) is 3. The number of nitrogens with one attached hydrogen (secondary N) is 2. The van der Waals surface area contributed by atoms with E-state index in [-0.39, 0.29) is 5.91 Å². The van der Waals surface area contributed by atoms with Crippen LogP contribution < -0.4 is 10.6 Å². The summed E-state index contributed by atoms with van der Waals surface area (Å²) in [6, 6.07) is 9.00. The molecule has 1 aromatic carbocycles. The molecule has 2 N–H and O–H groups in total. The average Bonchev–Trinajstić information content (AvgIpc) is 3.21. The summed E-state index contributed by atoms with van der Waals surface area (Å²) >= 11 is 1.76. The molecule has 0 unspecified atom stereocenters. The lowest BCUT2D eigenvalue weighted by Gasteiger charge is -2.06. The molecule has 0 radical (unpaired) electrons. The zero-order valence-electron chi connectivity index (χ0n) is 11.4. The van der Waals surface area contributed by atoms with Crippen molar-refractivity contribution in [1.82, 2.24) is 10.6 Å². The molecule has 104 valence electrons. The second-order valence-electron chi connectivity index (χ2n) is 4.87. The molecule has 2 rings (SSSR count). The van der Waals surface area contributed by atoms with Gasteiger partial charge >= 0.3 is 0 Å². The number of thioether (sulfide) groups is 1. The van der Waals surface area contributed by atoms with Crippen molar-refractivity contribution in [2.24, 2.45) is 0 Å². The summed E-state index contributed by atoms with van der Waals surface area (Å²) in [6.45, 7) is 4.00. The van der Waals surface area contributed by atoms with Crippen LogP contribution in [0.2, 0.25) is 0 Å². The van der Waals surface area contributed by atoms with Crippen molar-refractivity contribution in [3.8, 4) is 0 Å². The van der Waals surface area contributed by atoms with Crippen LogP contribution in [-0.2, 0) is 11.3 Å². The Morgan fingerprint density at radius 3 is 3.00 bits per heavy atom. The minimum atomic E-state index is 0.193. The lowest BCUT2D eigenvalue weighted by Crippen LogP contribution is -2.25. The molecule has 0 saturated heterocycles. The molecule has 0 heterocycles. The molecule has 1 fully saturated rings. The van der Waals surface area contributed by atoms with Gasteiger partial charge in [0.1, 0.15) is 0 Å². The lowest BCUT2D eigenvalue weighted by atomic mass is 10.2. The maximum absolute atomic E-state index is 11.6. The molecule has 0 aliphatic heterocycles. The highest BCUT2D eigenvalue weighted by atomic mass is 32.2. The van der Waals surface area contributed by atoms with Gasteiger partial charge in [-0.05, 0) is 37.1 Å². The summed E-state index contributed by atoms with van der Waals surface area (Å²) in [4.78, 5) is 12.8. The van der Waals surface area contributed by atoms with Gasteiger partial charge in [-0.3, -0.25) is 4.79 Å². The molecular formula is C15H22N2OS. The van der Waals surface area contributed by atoms with Gasteiger partial charge in [0.25, 0.3) is 0 Å². The maximum Gasteiger partial charge on any atom is 0.221 e. The SMILES string of the molecule is CCNCc1cccc(SCCC(=O)NC2CC2)c1. The quantitative estimate of drug-likeness (QED) is 0.718. The van der Waals surface area contributed by atoms with Gasteiger partial charge in [0.2, 0.25) is 5.91 Å². The summed E-state index contributed by atoms with van der Waals surface area (Å²) in [6.07, 6.45) is 2.93. The van der Waals surface area contributed by atoms with Gasteiger partial charge in [-0.1, -0.05) is 19.1 Å². The maximum atomic E-state index is 11.6. The van der Waals surface area contributed by atoms with E-state index >= 15 is 0 Å². The predicted molar refractivity (Wildman–Crippen MR) is 80.3 cm³/mol. The summed E-state index contributed by atoms with van der Waals surface area (Å²) in [5.74, 6) is 1.04. The molecule has 1 amide bonds. The van der Waals surface area contributed by atoms with Gasteiger partial charge in [-0.2, -0.15) is 0 Å². The van der Waals surface area contributed by atoms with Crippen LogP contribution in [0, 0.1) is 0 Å². The molecule has 0 aromatic heterocycles. The average molecular weight is 278 g/mol. The van der Waals surface area contributed by atoms with Gasteiger partial charge in [0, 0.05) is 29.7 Å². The van der Waals surface area contributed by atoms with Gasteiger partial charge in [-0.25, -0.2) is 0 Å². The fourth-order valence-corrected chi connectivity index (χ4v) is 2.74. The fourth-order valence-electron chi connectivity index (χ4n) is 1.80. The number of carbonyl (C=O) groups is 1. The highest BCUT2D eigenvalue weighted by Crippen LogP contribution is 2.21. The molecule has 3 nitrogen and oxygen atoms in total. The third kappa shape index (κ3) is 5.66. The van der Waals surface area contributed by atoms with Crippen molar-refractivity contribution in [1.29, 1.82) is 0 Å². The highest BCUT2D eigenvalue weighted by molar-refractivity contribution is 7.99. The van der Waals surface area contributed by atoms with Crippen molar-refractivity contribution in [3.63, 3.8) is 0 Å². The summed E-state index contributed by atoms with van der Waals surface area (Å²) in [5.41, 5.74) is 1.30. The lowest BCUT2D eigenvalue weighted by molar-refractivity contribution is -0.120. The monoisotopic (exact) mass is 278 g/mol. The topological polar surface area (TPSA) is 41.1 Å². The van der Waals surface area contributed by atoms with Crippen LogP contribution in [0.15, 0.2) is 29.2 Å². The Balaban J connectivity index is 1.70. The fraction of sp³-hybridized carbons (Fsp3) is 0.533. The van der Waals surface area contributed by atoms with Gasteiger partial charge in [-0.15, -0.1) is 11.8 Å². The third-order valence-electron chi connectivity index (χ3n) is 3.02. The minimum Gasteiger partial charge on any atom is -0.353 e. The van der Waals surface area contributed by atoms with Crippen LogP contribution in [-0.4, -0.2) is 24.2 Å². The Bertz CT molecular complexity index is 418. The van der Waals surface area contributed by atoms with Crippen molar-refractivity contribution in [3.05, 3.63) is 29.8 Å². The molecule has 1 aliphatic carbocycles. The van der Waals surface area contributed by atoms with E-state index in [0.717, 1.165) is 31.7 Å². The number of benzene rings is 1. The first-order valence-electron chi connectivity index (χ1n) is 6.99. The first-order valence-corrected chi connectivity index (χ1v) is 7.98. The van der Waals surface area contributed by atoms with E-state index in [1.54, 1.807) is 11.8 Å². The molecular weight excluding hydrogens is 256 g/mol. The minimum absolute atomic E-state index is 0.193. The number of rotatable bonds is 8. The molecule has 1 aromatic rings. The molecule has 19 heavy (non-hydrogen) atoms.